The molecular formula is C16H18N2O. The van der Waals surface area contributed by atoms with E-state index in [0.717, 1.165) is 36.6 Å². The number of fused-ring (bicyclic) bond motifs is 1. The largest absolute Gasteiger partial charge is 0.497 e. The smallest absolute Gasteiger partial charge is 0.119 e. The molecule has 0 fully saturated rings. The van der Waals surface area contributed by atoms with Crippen LogP contribution in [0.2, 0.25) is 0 Å². The average Bonchev–Trinajstić information content (AvgIpc) is 2.48. The summed E-state index contributed by atoms with van der Waals surface area (Å²) in [6.07, 6.45) is 1.10. The van der Waals surface area contributed by atoms with E-state index in [1.54, 1.807) is 7.11 Å². The van der Waals surface area contributed by atoms with Crippen molar-refractivity contribution < 1.29 is 4.74 Å². The maximum atomic E-state index is 5.16. The number of benzene rings is 2. The van der Waals surface area contributed by atoms with Crippen molar-refractivity contribution in [2.24, 2.45) is 0 Å². The number of anilines is 2. The molecule has 0 saturated heterocycles. The van der Waals surface area contributed by atoms with Crippen LogP contribution in [0.3, 0.4) is 0 Å². The van der Waals surface area contributed by atoms with Crippen LogP contribution in [0.25, 0.3) is 0 Å². The van der Waals surface area contributed by atoms with Crippen LogP contribution in [-0.4, -0.2) is 13.7 Å². The highest BCUT2D eigenvalue weighted by atomic mass is 16.5. The third-order valence-electron chi connectivity index (χ3n) is 3.47. The third kappa shape index (κ3) is 2.71. The van der Waals surface area contributed by atoms with E-state index in [-0.39, 0.29) is 0 Å². The van der Waals surface area contributed by atoms with Gasteiger partial charge in [-0.05, 0) is 60.5 Å². The predicted octanol–water partition coefficient (Wildman–Crippen LogP) is 3.08. The SMILES string of the molecule is COc1ccc(Nc2ccc3c(c2)CCNC3)cc1. The van der Waals surface area contributed by atoms with Gasteiger partial charge in [0.1, 0.15) is 5.75 Å². The van der Waals surface area contributed by atoms with Crippen LogP contribution in [0.15, 0.2) is 42.5 Å². The Kier molecular flexibility index (Phi) is 3.38. The predicted molar refractivity (Wildman–Crippen MR) is 78.1 cm³/mol. The topological polar surface area (TPSA) is 33.3 Å². The van der Waals surface area contributed by atoms with Gasteiger partial charge in [0, 0.05) is 17.9 Å². The lowest BCUT2D eigenvalue weighted by Gasteiger charge is -2.18. The first-order valence-corrected chi connectivity index (χ1v) is 6.59. The monoisotopic (exact) mass is 254 g/mol. The van der Waals surface area contributed by atoms with Gasteiger partial charge in [-0.15, -0.1) is 0 Å². The van der Waals surface area contributed by atoms with Crippen LogP contribution in [-0.2, 0) is 13.0 Å². The standard InChI is InChI=1S/C16H18N2O/c1-19-16-6-4-14(5-7-16)18-15-3-2-13-11-17-9-8-12(13)10-15/h2-7,10,17-18H,8-9,11H2,1H3. The zero-order chi connectivity index (χ0) is 13.1. The van der Waals surface area contributed by atoms with Gasteiger partial charge in [0.05, 0.1) is 7.11 Å². The van der Waals surface area contributed by atoms with Crippen molar-refractivity contribution in [1.82, 2.24) is 5.32 Å². The molecule has 3 heteroatoms. The normalized spacial score (nSPS) is 13.7. The first kappa shape index (κ1) is 12.1. The molecule has 2 aromatic carbocycles. The van der Waals surface area contributed by atoms with Crippen LogP contribution in [0.4, 0.5) is 11.4 Å². The van der Waals surface area contributed by atoms with E-state index in [1.807, 2.05) is 24.3 Å². The number of hydrogen-bond donors (Lipinski definition) is 2. The Morgan fingerprint density at radius 1 is 1.00 bits per heavy atom. The molecule has 19 heavy (non-hydrogen) atoms. The van der Waals surface area contributed by atoms with Gasteiger partial charge >= 0.3 is 0 Å². The third-order valence-corrected chi connectivity index (χ3v) is 3.47. The lowest BCUT2D eigenvalue weighted by atomic mass is 10.0. The summed E-state index contributed by atoms with van der Waals surface area (Å²) in [4.78, 5) is 0. The number of rotatable bonds is 3. The van der Waals surface area contributed by atoms with Gasteiger partial charge in [0.2, 0.25) is 0 Å². The number of ether oxygens (including phenoxy) is 1. The first-order chi connectivity index (χ1) is 9.35. The van der Waals surface area contributed by atoms with Crippen molar-refractivity contribution in [2.75, 3.05) is 19.0 Å². The lowest BCUT2D eigenvalue weighted by Crippen LogP contribution is -2.23. The molecule has 0 spiro atoms. The highest BCUT2D eigenvalue weighted by Gasteiger charge is 2.08. The van der Waals surface area contributed by atoms with Crippen LogP contribution in [0.5, 0.6) is 5.75 Å². The van der Waals surface area contributed by atoms with Crippen molar-refractivity contribution in [3.63, 3.8) is 0 Å². The molecule has 1 aliphatic rings. The van der Waals surface area contributed by atoms with E-state index in [0.29, 0.717) is 0 Å². The van der Waals surface area contributed by atoms with Crippen molar-refractivity contribution in [3.8, 4) is 5.75 Å². The van der Waals surface area contributed by atoms with E-state index < -0.39 is 0 Å². The maximum Gasteiger partial charge on any atom is 0.119 e. The van der Waals surface area contributed by atoms with Crippen LogP contribution < -0.4 is 15.4 Å². The van der Waals surface area contributed by atoms with Crippen LogP contribution in [0, 0.1) is 0 Å². The summed E-state index contributed by atoms with van der Waals surface area (Å²) < 4.78 is 5.16. The van der Waals surface area contributed by atoms with E-state index in [1.165, 1.54) is 11.1 Å². The number of hydrogen-bond acceptors (Lipinski definition) is 3. The number of methoxy groups -OCH3 is 1. The molecule has 0 amide bonds. The zero-order valence-electron chi connectivity index (χ0n) is 11.1. The summed E-state index contributed by atoms with van der Waals surface area (Å²) >= 11 is 0. The van der Waals surface area contributed by atoms with Crippen LogP contribution in [0.1, 0.15) is 11.1 Å². The van der Waals surface area contributed by atoms with Crippen molar-refractivity contribution >= 4 is 11.4 Å². The second kappa shape index (κ2) is 5.33. The zero-order valence-corrected chi connectivity index (χ0v) is 11.1. The molecule has 3 nitrogen and oxygen atoms in total. The van der Waals surface area contributed by atoms with Gasteiger partial charge in [-0.25, -0.2) is 0 Å². The molecule has 3 rings (SSSR count). The van der Waals surface area contributed by atoms with Crippen molar-refractivity contribution in [2.45, 2.75) is 13.0 Å². The Labute approximate surface area is 113 Å². The highest BCUT2D eigenvalue weighted by Crippen LogP contribution is 2.23. The Hall–Kier alpha value is -2.00. The average molecular weight is 254 g/mol. The molecule has 2 N–H and O–H groups in total. The molecule has 0 atom stereocenters. The summed E-state index contributed by atoms with van der Waals surface area (Å²) in [6, 6.07) is 14.6. The molecule has 0 unspecified atom stereocenters. The van der Waals surface area contributed by atoms with E-state index >= 15 is 0 Å². The van der Waals surface area contributed by atoms with Crippen molar-refractivity contribution in [3.05, 3.63) is 53.6 Å². The molecule has 0 radical (unpaired) electrons. The van der Waals surface area contributed by atoms with Gasteiger partial charge in [0.25, 0.3) is 0 Å². The minimum absolute atomic E-state index is 0.877. The minimum Gasteiger partial charge on any atom is -0.497 e. The molecule has 1 heterocycles. The fourth-order valence-corrected chi connectivity index (χ4v) is 2.40. The quantitative estimate of drug-likeness (QED) is 0.883. The molecule has 0 aliphatic carbocycles. The summed E-state index contributed by atoms with van der Waals surface area (Å²) in [5, 5.41) is 6.82. The summed E-state index contributed by atoms with van der Waals surface area (Å²) in [6.45, 7) is 2.05. The molecule has 0 saturated carbocycles. The highest BCUT2D eigenvalue weighted by molar-refractivity contribution is 5.62. The Morgan fingerprint density at radius 2 is 1.79 bits per heavy atom. The molecule has 0 bridgehead atoms. The maximum absolute atomic E-state index is 5.16. The molecule has 1 aliphatic heterocycles. The Bertz CT molecular complexity index is 563. The first-order valence-electron chi connectivity index (χ1n) is 6.59. The van der Waals surface area contributed by atoms with Gasteiger partial charge in [0.15, 0.2) is 0 Å². The summed E-state index contributed by atoms with van der Waals surface area (Å²) in [5.74, 6) is 0.877. The van der Waals surface area contributed by atoms with Crippen molar-refractivity contribution in [1.29, 1.82) is 0 Å². The Morgan fingerprint density at radius 3 is 2.58 bits per heavy atom. The Balaban J connectivity index is 1.78. The van der Waals surface area contributed by atoms with E-state index in [9.17, 15) is 0 Å². The molecular weight excluding hydrogens is 236 g/mol. The molecule has 98 valence electrons. The second-order valence-corrected chi connectivity index (χ2v) is 4.76. The molecule has 2 aromatic rings. The number of nitrogens with one attached hydrogen (secondary N) is 2. The van der Waals surface area contributed by atoms with E-state index in [2.05, 4.69) is 28.8 Å². The fraction of sp³-hybridized carbons (Fsp3) is 0.250. The van der Waals surface area contributed by atoms with Gasteiger partial charge in [-0.3, -0.25) is 0 Å². The van der Waals surface area contributed by atoms with Crippen LogP contribution >= 0.6 is 0 Å². The fourth-order valence-electron chi connectivity index (χ4n) is 2.40. The van der Waals surface area contributed by atoms with E-state index in [4.69, 9.17) is 4.74 Å². The summed E-state index contributed by atoms with van der Waals surface area (Å²) in [7, 11) is 1.68. The van der Waals surface area contributed by atoms with Gasteiger partial charge in [-0.2, -0.15) is 0 Å². The molecule has 0 aromatic heterocycles. The summed E-state index contributed by atoms with van der Waals surface area (Å²) in [5.41, 5.74) is 5.07. The second-order valence-electron chi connectivity index (χ2n) is 4.76. The lowest BCUT2D eigenvalue weighted by molar-refractivity contribution is 0.415. The minimum atomic E-state index is 0.877. The van der Waals surface area contributed by atoms with Gasteiger partial charge in [-0.1, -0.05) is 6.07 Å². The van der Waals surface area contributed by atoms with Gasteiger partial charge < -0.3 is 15.4 Å².